The second-order valence-electron chi connectivity index (χ2n) is 6.12. The molecular weight excluding hydrogens is 390 g/mol. The van der Waals surface area contributed by atoms with Crippen molar-refractivity contribution in [3.63, 3.8) is 0 Å². The van der Waals surface area contributed by atoms with Crippen molar-refractivity contribution in [2.24, 2.45) is 0 Å². The SMILES string of the molecule is CC(C(=O)O)(c1ccc(Br)o1)N(C(=O)OCc1ccccc1)C1CC1. The van der Waals surface area contributed by atoms with Gasteiger partial charge < -0.3 is 14.3 Å². The van der Waals surface area contributed by atoms with Gasteiger partial charge in [0, 0.05) is 6.04 Å². The average molecular weight is 408 g/mol. The van der Waals surface area contributed by atoms with Crippen molar-refractivity contribution in [3.05, 3.63) is 58.5 Å². The largest absolute Gasteiger partial charge is 0.479 e. The molecule has 132 valence electrons. The fraction of sp³-hybridized carbons (Fsp3) is 0.333. The Morgan fingerprint density at radius 3 is 2.48 bits per heavy atom. The lowest BCUT2D eigenvalue weighted by Gasteiger charge is -2.35. The number of rotatable bonds is 6. The molecule has 2 aromatic rings. The summed E-state index contributed by atoms with van der Waals surface area (Å²) in [6.45, 7) is 1.54. The van der Waals surface area contributed by atoms with Crippen molar-refractivity contribution in [1.82, 2.24) is 4.90 Å². The number of benzene rings is 1. The smallest absolute Gasteiger partial charge is 0.411 e. The molecule has 1 atom stereocenters. The first-order valence-corrected chi connectivity index (χ1v) is 8.71. The summed E-state index contributed by atoms with van der Waals surface area (Å²) in [5.74, 6) is -0.992. The minimum atomic E-state index is -1.64. The molecule has 1 saturated carbocycles. The Balaban J connectivity index is 1.85. The van der Waals surface area contributed by atoms with Crippen LogP contribution in [-0.4, -0.2) is 28.1 Å². The maximum atomic E-state index is 12.7. The standard InChI is InChI=1S/C18H18BrNO5/c1-18(16(21)22,14-9-10-15(19)25-14)20(13-7-8-13)17(23)24-11-12-5-3-2-4-6-12/h2-6,9-10,13H,7-8,11H2,1H3,(H,21,22). The van der Waals surface area contributed by atoms with Crippen LogP contribution in [0.4, 0.5) is 4.79 Å². The van der Waals surface area contributed by atoms with Gasteiger partial charge in [0.15, 0.2) is 10.2 Å². The highest BCUT2D eigenvalue weighted by Crippen LogP contribution is 2.40. The van der Waals surface area contributed by atoms with Crippen LogP contribution in [0, 0.1) is 0 Å². The van der Waals surface area contributed by atoms with Crippen molar-refractivity contribution < 1.29 is 23.8 Å². The minimum Gasteiger partial charge on any atom is -0.479 e. The van der Waals surface area contributed by atoms with Crippen LogP contribution in [0.25, 0.3) is 0 Å². The minimum absolute atomic E-state index is 0.0838. The van der Waals surface area contributed by atoms with Gasteiger partial charge in [-0.3, -0.25) is 4.90 Å². The molecule has 0 bridgehead atoms. The first kappa shape index (κ1) is 17.5. The molecule has 1 N–H and O–H groups in total. The summed E-state index contributed by atoms with van der Waals surface area (Å²) < 4.78 is 11.3. The van der Waals surface area contributed by atoms with Crippen molar-refractivity contribution in [1.29, 1.82) is 0 Å². The number of ether oxygens (including phenoxy) is 1. The predicted molar refractivity (Wildman–Crippen MR) is 92.9 cm³/mol. The van der Waals surface area contributed by atoms with Crippen LogP contribution in [-0.2, 0) is 21.7 Å². The fourth-order valence-electron chi connectivity index (χ4n) is 2.72. The Bertz CT molecular complexity index is 771. The summed E-state index contributed by atoms with van der Waals surface area (Å²) in [5, 5.41) is 9.85. The normalized spacial score (nSPS) is 16.1. The third-order valence-electron chi connectivity index (χ3n) is 4.27. The number of hydrogen-bond donors (Lipinski definition) is 1. The highest BCUT2D eigenvalue weighted by atomic mass is 79.9. The van der Waals surface area contributed by atoms with Gasteiger partial charge in [0.1, 0.15) is 12.4 Å². The van der Waals surface area contributed by atoms with Crippen LogP contribution in [0.5, 0.6) is 0 Å². The topological polar surface area (TPSA) is 80.0 Å². The van der Waals surface area contributed by atoms with E-state index < -0.39 is 17.6 Å². The number of aliphatic carboxylic acids is 1. The average Bonchev–Trinajstić information content (AvgIpc) is 3.32. The van der Waals surface area contributed by atoms with E-state index >= 15 is 0 Å². The Labute approximate surface area is 153 Å². The lowest BCUT2D eigenvalue weighted by atomic mass is 9.96. The van der Waals surface area contributed by atoms with Gasteiger partial charge in [-0.05, 0) is 53.4 Å². The zero-order valence-electron chi connectivity index (χ0n) is 13.6. The number of halogens is 1. The van der Waals surface area contributed by atoms with E-state index in [1.165, 1.54) is 11.8 Å². The van der Waals surface area contributed by atoms with Gasteiger partial charge in [0.25, 0.3) is 0 Å². The molecular formula is C18H18BrNO5. The monoisotopic (exact) mass is 407 g/mol. The van der Waals surface area contributed by atoms with Gasteiger partial charge in [0.2, 0.25) is 0 Å². The van der Waals surface area contributed by atoms with Gasteiger partial charge >= 0.3 is 12.1 Å². The number of carboxylic acids is 1. The number of carbonyl (C=O) groups is 2. The van der Waals surface area contributed by atoms with Crippen molar-refractivity contribution >= 4 is 28.0 Å². The number of furan rings is 1. The molecule has 6 nitrogen and oxygen atoms in total. The summed E-state index contributed by atoms with van der Waals surface area (Å²) in [6.07, 6.45) is 0.819. The zero-order valence-corrected chi connectivity index (χ0v) is 15.2. The van der Waals surface area contributed by atoms with Crippen molar-refractivity contribution in [2.75, 3.05) is 0 Å². The number of carboxylic acid groups (broad SMARTS) is 1. The summed E-state index contributed by atoms with van der Waals surface area (Å²) in [5.41, 5.74) is -0.801. The summed E-state index contributed by atoms with van der Waals surface area (Å²) in [6, 6.07) is 12.2. The second kappa shape index (κ2) is 6.92. The molecule has 0 spiro atoms. The number of nitrogens with zero attached hydrogens (tertiary/aromatic N) is 1. The fourth-order valence-corrected chi connectivity index (χ4v) is 3.03. The molecule has 0 radical (unpaired) electrons. The Morgan fingerprint density at radius 1 is 1.28 bits per heavy atom. The summed E-state index contributed by atoms with van der Waals surface area (Å²) in [7, 11) is 0. The van der Waals surface area contributed by atoms with Crippen LogP contribution in [0.1, 0.15) is 31.1 Å². The van der Waals surface area contributed by atoms with E-state index in [0.717, 1.165) is 18.4 Å². The Kier molecular flexibility index (Phi) is 4.85. The van der Waals surface area contributed by atoms with E-state index in [9.17, 15) is 14.7 Å². The first-order chi connectivity index (χ1) is 11.9. The van der Waals surface area contributed by atoms with E-state index in [1.54, 1.807) is 12.1 Å². The first-order valence-electron chi connectivity index (χ1n) is 7.92. The molecule has 0 saturated heterocycles. The van der Waals surface area contributed by atoms with Gasteiger partial charge in [-0.25, -0.2) is 9.59 Å². The molecule has 1 heterocycles. The molecule has 1 aromatic heterocycles. The molecule has 1 aliphatic rings. The van der Waals surface area contributed by atoms with Crippen molar-refractivity contribution in [2.45, 2.75) is 38.0 Å². The van der Waals surface area contributed by atoms with E-state index in [2.05, 4.69) is 15.9 Å². The molecule has 1 aromatic carbocycles. The number of hydrogen-bond acceptors (Lipinski definition) is 4. The van der Waals surface area contributed by atoms with E-state index in [1.807, 2.05) is 30.3 Å². The highest BCUT2D eigenvalue weighted by Gasteiger charge is 2.53. The van der Waals surface area contributed by atoms with Crippen LogP contribution < -0.4 is 0 Å². The molecule has 1 aliphatic carbocycles. The summed E-state index contributed by atoms with van der Waals surface area (Å²) >= 11 is 3.18. The van der Waals surface area contributed by atoms with Crippen LogP contribution >= 0.6 is 15.9 Å². The maximum absolute atomic E-state index is 12.7. The third-order valence-corrected chi connectivity index (χ3v) is 4.69. The van der Waals surface area contributed by atoms with E-state index in [0.29, 0.717) is 4.67 Å². The molecule has 1 unspecified atom stereocenters. The lowest BCUT2D eigenvalue weighted by Crippen LogP contribution is -2.53. The quantitative estimate of drug-likeness (QED) is 0.777. The van der Waals surface area contributed by atoms with E-state index in [-0.39, 0.29) is 18.4 Å². The molecule has 0 aliphatic heterocycles. The molecule has 1 fully saturated rings. The Hall–Kier alpha value is -2.28. The lowest BCUT2D eigenvalue weighted by molar-refractivity contribution is -0.152. The second-order valence-corrected chi connectivity index (χ2v) is 6.90. The van der Waals surface area contributed by atoms with Crippen LogP contribution in [0.2, 0.25) is 0 Å². The van der Waals surface area contributed by atoms with Crippen LogP contribution in [0.15, 0.2) is 51.6 Å². The van der Waals surface area contributed by atoms with Gasteiger partial charge in [-0.1, -0.05) is 30.3 Å². The highest BCUT2D eigenvalue weighted by molar-refractivity contribution is 9.10. The molecule has 7 heteroatoms. The number of amides is 1. The molecule has 25 heavy (non-hydrogen) atoms. The zero-order chi connectivity index (χ0) is 18.0. The molecule has 3 rings (SSSR count). The Morgan fingerprint density at radius 2 is 1.96 bits per heavy atom. The number of carbonyl (C=O) groups excluding carboxylic acids is 1. The van der Waals surface area contributed by atoms with Gasteiger partial charge in [-0.2, -0.15) is 0 Å². The van der Waals surface area contributed by atoms with Crippen LogP contribution in [0.3, 0.4) is 0 Å². The third kappa shape index (κ3) is 3.56. The van der Waals surface area contributed by atoms with Gasteiger partial charge in [-0.15, -0.1) is 0 Å². The summed E-state index contributed by atoms with van der Waals surface area (Å²) in [4.78, 5) is 26.1. The van der Waals surface area contributed by atoms with Crippen molar-refractivity contribution in [3.8, 4) is 0 Å². The van der Waals surface area contributed by atoms with Gasteiger partial charge in [0.05, 0.1) is 0 Å². The maximum Gasteiger partial charge on any atom is 0.411 e. The predicted octanol–water partition coefficient (Wildman–Crippen LogP) is 4.14. The van der Waals surface area contributed by atoms with E-state index in [4.69, 9.17) is 9.15 Å². The molecule has 1 amide bonds.